The summed E-state index contributed by atoms with van der Waals surface area (Å²) in [6.07, 6.45) is 0.791. The van der Waals surface area contributed by atoms with Gasteiger partial charge in [0.2, 0.25) is 0 Å². The van der Waals surface area contributed by atoms with Crippen molar-refractivity contribution in [2.75, 3.05) is 5.32 Å². The number of para-hydroxylation sites is 1. The normalized spacial score (nSPS) is 11.2. The molecule has 3 rings (SSSR count). The number of carbonyl (C=O) groups excluding carboxylic acids is 1. The minimum atomic E-state index is -0.629. The highest BCUT2D eigenvalue weighted by atomic mass is 79.9. The van der Waals surface area contributed by atoms with E-state index in [1.807, 2.05) is 25.1 Å². The van der Waals surface area contributed by atoms with E-state index in [0.717, 1.165) is 12.0 Å². The van der Waals surface area contributed by atoms with Crippen LogP contribution in [0.2, 0.25) is 0 Å². The smallest absolute Gasteiger partial charge is 0.267 e. The van der Waals surface area contributed by atoms with E-state index < -0.39 is 11.5 Å². The quantitative estimate of drug-likeness (QED) is 0.578. The molecule has 0 unspecified atom stereocenters. The second-order valence-corrected chi connectivity index (χ2v) is 8.17. The molecule has 1 aromatic heterocycles. The van der Waals surface area contributed by atoms with E-state index in [0.29, 0.717) is 33.5 Å². The average Bonchev–Trinajstić information content (AvgIpc) is 2.64. The number of rotatable bonds is 5. The van der Waals surface area contributed by atoms with Crippen LogP contribution in [0.1, 0.15) is 36.2 Å². The molecule has 0 radical (unpaired) electrons. The van der Waals surface area contributed by atoms with Crippen molar-refractivity contribution in [2.24, 2.45) is 5.92 Å². The molecule has 0 aliphatic carbocycles. The Kier molecular flexibility index (Phi) is 5.89. The molecule has 3 aromatic rings. The predicted octanol–water partition coefficient (Wildman–Crippen LogP) is 5.08. The van der Waals surface area contributed by atoms with E-state index in [2.05, 4.69) is 35.1 Å². The summed E-state index contributed by atoms with van der Waals surface area (Å²) in [6, 6.07) is 12.6. The first-order valence-corrected chi connectivity index (χ1v) is 10.0. The molecule has 2 N–H and O–H groups in total. The molecular weight excluding hydrogens is 420 g/mol. The van der Waals surface area contributed by atoms with Crippen molar-refractivity contribution in [3.8, 4) is 5.75 Å². The van der Waals surface area contributed by atoms with E-state index in [4.69, 9.17) is 0 Å². The molecule has 0 saturated heterocycles. The van der Waals surface area contributed by atoms with Crippen LogP contribution in [0.15, 0.2) is 51.7 Å². The highest BCUT2D eigenvalue weighted by molar-refractivity contribution is 9.10. The van der Waals surface area contributed by atoms with Gasteiger partial charge in [0.25, 0.3) is 11.5 Å². The Labute approximate surface area is 172 Å². The summed E-state index contributed by atoms with van der Waals surface area (Å²) in [5.74, 6) is -0.515. The summed E-state index contributed by atoms with van der Waals surface area (Å²) < 4.78 is 2.29. The monoisotopic (exact) mass is 442 g/mol. The highest BCUT2D eigenvalue weighted by Gasteiger charge is 2.22. The number of pyridine rings is 1. The van der Waals surface area contributed by atoms with Gasteiger partial charge in [-0.15, -0.1) is 0 Å². The summed E-state index contributed by atoms with van der Waals surface area (Å²) >= 11 is 3.42. The molecule has 0 spiro atoms. The van der Waals surface area contributed by atoms with Gasteiger partial charge in [-0.1, -0.05) is 32.0 Å². The summed E-state index contributed by atoms with van der Waals surface area (Å²) in [5, 5.41) is 13.9. The number of aromatic hydroxyl groups is 1. The van der Waals surface area contributed by atoms with Crippen LogP contribution in [-0.2, 0) is 6.54 Å². The number of hydrogen-bond donors (Lipinski definition) is 2. The van der Waals surface area contributed by atoms with E-state index in [-0.39, 0.29) is 11.3 Å². The zero-order valence-corrected chi connectivity index (χ0v) is 17.7. The Morgan fingerprint density at radius 3 is 2.61 bits per heavy atom. The lowest BCUT2D eigenvalue weighted by atomic mass is 10.1. The Balaban J connectivity index is 2.11. The number of nitrogens with one attached hydrogen (secondary N) is 1. The molecule has 0 fully saturated rings. The standard InChI is InChI=1S/C22H23BrN2O3/c1-13(2)10-11-25-18-7-5-4-6-15(18)20(26)19(22(25)28)21(27)24-17-9-8-14(3)12-16(17)23/h4-9,12-13,26H,10-11H2,1-3H3,(H,24,27). The highest BCUT2D eigenvalue weighted by Crippen LogP contribution is 2.29. The third kappa shape index (κ3) is 3.97. The molecule has 0 aliphatic heterocycles. The van der Waals surface area contributed by atoms with Gasteiger partial charge >= 0.3 is 0 Å². The van der Waals surface area contributed by atoms with Crippen molar-refractivity contribution in [3.63, 3.8) is 0 Å². The minimum Gasteiger partial charge on any atom is -0.506 e. The molecule has 1 amide bonds. The molecule has 6 heteroatoms. The van der Waals surface area contributed by atoms with Crippen LogP contribution in [0.5, 0.6) is 5.75 Å². The van der Waals surface area contributed by atoms with Crippen LogP contribution in [-0.4, -0.2) is 15.6 Å². The van der Waals surface area contributed by atoms with Gasteiger partial charge in [-0.2, -0.15) is 0 Å². The van der Waals surface area contributed by atoms with Crippen molar-refractivity contribution in [1.82, 2.24) is 4.57 Å². The van der Waals surface area contributed by atoms with Crippen molar-refractivity contribution in [3.05, 3.63) is 68.4 Å². The van der Waals surface area contributed by atoms with Crippen LogP contribution in [0.3, 0.4) is 0 Å². The number of aryl methyl sites for hydroxylation is 2. The summed E-state index contributed by atoms with van der Waals surface area (Å²) in [5.41, 5.74) is 1.47. The molecule has 0 aliphatic rings. The number of benzene rings is 2. The van der Waals surface area contributed by atoms with Gasteiger partial charge in [0, 0.05) is 16.4 Å². The number of hydrogen-bond acceptors (Lipinski definition) is 3. The Morgan fingerprint density at radius 1 is 1.21 bits per heavy atom. The van der Waals surface area contributed by atoms with Crippen LogP contribution in [0.4, 0.5) is 5.69 Å². The number of fused-ring (bicyclic) bond motifs is 1. The molecule has 2 aromatic carbocycles. The molecule has 146 valence electrons. The number of nitrogens with zero attached hydrogens (tertiary/aromatic N) is 1. The first-order valence-electron chi connectivity index (χ1n) is 9.21. The molecular formula is C22H23BrN2O3. The molecule has 0 atom stereocenters. The summed E-state index contributed by atoms with van der Waals surface area (Å²) in [4.78, 5) is 26.0. The Hall–Kier alpha value is -2.60. The van der Waals surface area contributed by atoms with Crippen molar-refractivity contribution in [1.29, 1.82) is 0 Å². The topological polar surface area (TPSA) is 71.3 Å². The molecule has 0 saturated carbocycles. The van der Waals surface area contributed by atoms with Gasteiger partial charge in [-0.3, -0.25) is 9.59 Å². The van der Waals surface area contributed by atoms with Crippen LogP contribution in [0, 0.1) is 12.8 Å². The zero-order valence-electron chi connectivity index (χ0n) is 16.1. The van der Waals surface area contributed by atoms with Gasteiger partial charge in [0.05, 0.1) is 11.2 Å². The second kappa shape index (κ2) is 8.19. The third-order valence-electron chi connectivity index (χ3n) is 4.68. The lowest BCUT2D eigenvalue weighted by Crippen LogP contribution is -2.30. The lowest BCUT2D eigenvalue weighted by Gasteiger charge is -2.16. The van der Waals surface area contributed by atoms with E-state index >= 15 is 0 Å². The van der Waals surface area contributed by atoms with E-state index in [1.165, 1.54) is 0 Å². The largest absolute Gasteiger partial charge is 0.506 e. The third-order valence-corrected chi connectivity index (χ3v) is 5.33. The van der Waals surface area contributed by atoms with Crippen LogP contribution < -0.4 is 10.9 Å². The maximum atomic E-state index is 13.1. The van der Waals surface area contributed by atoms with Gasteiger partial charge < -0.3 is 15.0 Å². The fourth-order valence-corrected chi connectivity index (χ4v) is 3.70. The maximum Gasteiger partial charge on any atom is 0.267 e. The van der Waals surface area contributed by atoms with E-state index in [1.54, 1.807) is 28.8 Å². The van der Waals surface area contributed by atoms with Crippen molar-refractivity contribution >= 4 is 38.4 Å². The van der Waals surface area contributed by atoms with Gasteiger partial charge in [0.15, 0.2) is 0 Å². The zero-order chi connectivity index (χ0) is 20.4. The SMILES string of the molecule is Cc1ccc(NC(=O)c2c(O)c3ccccc3n(CCC(C)C)c2=O)c(Br)c1. The van der Waals surface area contributed by atoms with Gasteiger partial charge in [-0.05, 0) is 65.0 Å². The molecule has 0 bridgehead atoms. The molecule has 5 nitrogen and oxygen atoms in total. The van der Waals surface area contributed by atoms with Crippen LogP contribution >= 0.6 is 15.9 Å². The first-order chi connectivity index (χ1) is 13.3. The van der Waals surface area contributed by atoms with Crippen molar-refractivity contribution in [2.45, 2.75) is 33.7 Å². The number of halogens is 1. The Morgan fingerprint density at radius 2 is 1.93 bits per heavy atom. The molecule has 1 heterocycles. The number of carbonyl (C=O) groups is 1. The predicted molar refractivity (Wildman–Crippen MR) is 116 cm³/mol. The van der Waals surface area contributed by atoms with Crippen molar-refractivity contribution < 1.29 is 9.90 Å². The van der Waals surface area contributed by atoms with E-state index in [9.17, 15) is 14.7 Å². The van der Waals surface area contributed by atoms with Gasteiger partial charge in [-0.25, -0.2) is 0 Å². The average molecular weight is 443 g/mol. The first kappa shape index (κ1) is 20.1. The fourth-order valence-electron chi connectivity index (χ4n) is 3.11. The Bertz CT molecular complexity index is 1100. The number of amides is 1. The summed E-state index contributed by atoms with van der Waals surface area (Å²) in [7, 11) is 0. The summed E-state index contributed by atoms with van der Waals surface area (Å²) in [6.45, 7) is 6.58. The second-order valence-electron chi connectivity index (χ2n) is 7.32. The maximum absolute atomic E-state index is 13.1. The molecule has 28 heavy (non-hydrogen) atoms. The van der Waals surface area contributed by atoms with Crippen LogP contribution in [0.25, 0.3) is 10.9 Å². The lowest BCUT2D eigenvalue weighted by molar-refractivity contribution is 0.102. The minimum absolute atomic E-state index is 0.241. The van der Waals surface area contributed by atoms with Gasteiger partial charge in [0.1, 0.15) is 11.3 Å². The fraction of sp³-hybridized carbons (Fsp3) is 0.273. The number of aromatic nitrogens is 1. The number of anilines is 1.